The number of halogens is 1. The van der Waals surface area contributed by atoms with Crippen molar-refractivity contribution < 1.29 is 19.4 Å². The van der Waals surface area contributed by atoms with Crippen LogP contribution in [0.25, 0.3) is 11.6 Å². The van der Waals surface area contributed by atoms with Crippen molar-refractivity contribution in [2.75, 3.05) is 7.11 Å². The largest absolute Gasteiger partial charge is 0.493 e. The molecule has 1 N–H and O–H groups in total. The van der Waals surface area contributed by atoms with Crippen LogP contribution in [-0.4, -0.2) is 18.2 Å². The van der Waals surface area contributed by atoms with Crippen molar-refractivity contribution in [3.8, 4) is 11.5 Å². The molecule has 0 aliphatic carbocycles. The number of carboxylic acids is 1. The van der Waals surface area contributed by atoms with Gasteiger partial charge >= 0.3 is 5.97 Å². The molecule has 0 radical (unpaired) electrons. The number of carbonyl (C=O) groups is 1. The van der Waals surface area contributed by atoms with Crippen LogP contribution in [0.5, 0.6) is 11.5 Å². The number of carboxylic acid groups (broad SMARTS) is 1. The third-order valence-corrected chi connectivity index (χ3v) is 4.52. The smallest absolute Gasteiger partial charge is 0.336 e. The molecule has 0 saturated carbocycles. The Balaban J connectivity index is 1.91. The Kier molecular flexibility index (Phi) is 6.35. The molecular weight excluding hydrogens is 376 g/mol. The second-order valence-corrected chi connectivity index (χ2v) is 6.43. The summed E-state index contributed by atoms with van der Waals surface area (Å²) in [5, 5.41) is 10.2. The van der Waals surface area contributed by atoms with E-state index in [0.717, 1.165) is 5.56 Å². The molecule has 5 heteroatoms. The van der Waals surface area contributed by atoms with Crippen molar-refractivity contribution >= 4 is 29.2 Å². The van der Waals surface area contributed by atoms with Gasteiger partial charge in [-0.1, -0.05) is 66.2 Å². The normalized spacial score (nSPS) is 11.1. The quantitative estimate of drug-likeness (QED) is 0.421. The summed E-state index contributed by atoms with van der Waals surface area (Å²) in [4.78, 5) is 11.7. The molecule has 3 rings (SSSR count). The molecule has 142 valence electrons. The van der Waals surface area contributed by atoms with E-state index in [1.165, 1.54) is 0 Å². The number of hydrogen-bond acceptors (Lipinski definition) is 3. The van der Waals surface area contributed by atoms with Crippen LogP contribution in [0.15, 0.2) is 72.8 Å². The number of rotatable bonds is 7. The molecule has 0 amide bonds. The Morgan fingerprint density at radius 1 is 1.00 bits per heavy atom. The minimum atomic E-state index is -0.999. The van der Waals surface area contributed by atoms with E-state index in [4.69, 9.17) is 21.1 Å². The maximum atomic E-state index is 11.7. The van der Waals surface area contributed by atoms with Gasteiger partial charge in [-0.3, -0.25) is 0 Å². The Labute approximate surface area is 168 Å². The van der Waals surface area contributed by atoms with Gasteiger partial charge in [0.2, 0.25) is 0 Å². The van der Waals surface area contributed by atoms with Crippen molar-refractivity contribution in [2.45, 2.75) is 6.61 Å². The highest BCUT2D eigenvalue weighted by Crippen LogP contribution is 2.31. The van der Waals surface area contributed by atoms with Crippen molar-refractivity contribution in [1.82, 2.24) is 0 Å². The molecule has 0 fully saturated rings. The van der Waals surface area contributed by atoms with Crippen LogP contribution in [0.3, 0.4) is 0 Å². The Morgan fingerprint density at radius 2 is 1.71 bits per heavy atom. The van der Waals surface area contributed by atoms with E-state index in [2.05, 4.69) is 0 Å². The van der Waals surface area contributed by atoms with E-state index >= 15 is 0 Å². The molecule has 0 aliphatic rings. The van der Waals surface area contributed by atoms with Crippen LogP contribution in [0, 0.1) is 0 Å². The standard InChI is InChI=1S/C23H19ClO4/c1-27-21-12-11-16(13-19(23(25)26)17-7-3-2-4-8-17)14-22(21)28-15-18-9-5-6-10-20(18)24/h2-14H,15H2,1H3,(H,25,26)/b19-13-. The van der Waals surface area contributed by atoms with Gasteiger partial charge in [0.1, 0.15) is 6.61 Å². The van der Waals surface area contributed by atoms with E-state index in [1.54, 1.807) is 61.7 Å². The predicted molar refractivity (Wildman–Crippen MR) is 111 cm³/mol. The highest BCUT2D eigenvalue weighted by molar-refractivity contribution is 6.31. The topological polar surface area (TPSA) is 55.8 Å². The fourth-order valence-electron chi connectivity index (χ4n) is 2.72. The summed E-state index contributed by atoms with van der Waals surface area (Å²) >= 11 is 6.18. The van der Waals surface area contributed by atoms with Gasteiger partial charge in [0.25, 0.3) is 0 Å². The zero-order chi connectivity index (χ0) is 19.9. The molecule has 0 aromatic heterocycles. The molecule has 3 aromatic carbocycles. The van der Waals surface area contributed by atoms with Gasteiger partial charge in [-0.05, 0) is 35.4 Å². The van der Waals surface area contributed by atoms with E-state index < -0.39 is 5.97 Å². The molecule has 3 aromatic rings. The van der Waals surface area contributed by atoms with Crippen LogP contribution in [-0.2, 0) is 11.4 Å². The summed E-state index contributed by atoms with van der Waals surface area (Å²) in [6.45, 7) is 0.272. The third-order valence-electron chi connectivity index (χ3n) is 4.15. The highest BCUT2D eigenvalue weighted by Gasteiger charge is 2.12. The van der Waals surface area contributed by atoms with Crippen molar-refractivity contribution in [3.05, 3.63) is 94.5 Å². The zero-order valence-electron chi connectivity index (χ0n) is 15.3. The van der Waals surface area contributed by atoms with Gasteiger partial charge in [-0.25, -0.2) is 4.79 Å². The summed E-state index contributed by atoms with van der Waals surface area (Å²) in [5.41, 5.74) is 2.37. The van der Waals surface area contributed by atoms with Crippen LogP contribution >= 0.6 is 11.6 Å². The lowest BCUT2D eigenvalue weighted by Crippen LogP contribution is -2.00. The van der Waals surface area contributed by atoms with E-state index in [1.807, 2.05) is 24.3 Å². The number of benzene rings is 3. The molecule has 4 nitrogen and oxygen atoms in total. The highest BCUT2D eigenvalue weighted by atomic mass is 35.5. The number of hydrogen-bond donors (Lipinski definition) is 1. The van der Waals surface area contributed by atoms with E-state index in [-0.39, 0.29) is 12.2 Å². The first-order chi connectivity index (χ1) is 13.6. The summed E-state index contributed by atoms with van der Waals surface area (Å²) in [7, 11) is 1.56. The minimum Gasteiger partial charge on any atom is -0.493 e. The van der Waals surface area contributed by atoms with Gasteiger partial charge in [0, 0.05) is 10.6 Å². The fourth-order valence-corrected chi connectivity index (χ4v) is 2.91. The maximum absolute atomic E-state index is 11.7. The first-order valence-electron chi connectivity index (χ1n) is 8.63. The van der Waals surface area contributed by atoms with Crippen LogP contribution in [0.1, 0.15) is 16.7 Å². The van der Waals surface area contributed by atoms with Gasteiger partial charge in [0.15, 0.2) is 11.5 Å². The third kappa shape index (κ3) is 4.72. The van der Waals surface area contributed by atoms with Gasteiger partial charge in [-0.2, -0.15) is 0 Å². The van der Waals surface area contributed by atoms with Gasteiger partial charge in [-0.15, -0.1) is 0 Å². The molecule has 28 heavy (non-hydrogen) atoms. The Bertz CT molecular complexity index is 996. The van der Waals surface area contributed by atoms with Crippen LogP contribution in [0.2, 0.25) is 5.02 Å². The number of ether oxygens (including phenoxy) is 2. The van der Waals surface area contributed by atoms with Gasteiger partial charge < -0.3 is 14.6 Å². The lowest BCUT2D eigenvalue weighted by atomic mass is 10.0. The lowest BCUT2D eigenvalue weighted by Gasteiger charge is -2.12. The SMILES string of the molecule is COc1ccc(/C=C(\C(=O)O)c2ccccc2)cc1OCc1ccccc1Cl. The monoisotopic (exact) mass is 394 g/mol. The lowest BCUT2D eigenvalue weighted by molar-refractivity contribution is -0.130. The first kappa shape index (κ1) is 19.5. The average molecular weight is 395 g/mol. The summed E-state index contributed by atoms with van der Waals surface area (Å²) in [6, 6.07) is 21.7. The number of aliphatic carboxylic acids is 1. The summed E-state index contributed by atoms with van der Waals surface area (Å²) < 4.78 is 11.3. The molecule has 0 saturated heterocycles. The van der Waals surface area contributed by atoms with Crippen LogP contribution < -0.4 is 9.47 Å². The Hall–Kier alpha value is -3.24. The van der Waals surface area contributed by atoms with Crippen LogP contribution in [0.4, 0.5) is 0 Å². The predicted octanol–water partition coefficient (Wildman–Crippen LogP) is 5.55. The second kappa shape index (κ2) is 9.11. The molecule has 0 aliphatic heterocycles. The average Bonchev–Trinajstić information content (AvgIpc) is 2.72. The van der Waals surface area contributed by atoms with E-state index in [9.17, 15) is 9.90 Å². The minimum absolute atomic E-state index is 0.197. The van der Waals surface area contributed by atoms with Crippen molar-refractivity contribution in [1.29, 1.82) is 0 Å². The first-order valence-corrected chi connectivity index (χ1v) is 9.01. The summed E-state index contributed by atoms with van der Waals surface area (Å²) in [5.74, 6) is 0.0651. The maximum Gasteiger partial charge on any atom is 0.336 e. The summed E-state index contributed by atoms with van der Waals surface area (Å²) in [6.07, 6.45) is 1.61. The van der Waals surface area contributed by atoms with Crippen molar-refractivity contribution in [3.63, 3.8) is 0 Å². The van der Waals surface area contributed by atoms with Gasteiger partial charge in [0.05, 0.1) is 12.7 Å². The Morgan fingerprint density at radius 3 is 2.39 bits per heavy atom. The molecule has 0 spiro atoms. The number of methoxy groups -OCH3 is 1. The zero-order valence-corrected chi connectivity index (χ0v) is 16.0. The molecule has 0 unspecified atom stereocenters. The van der Waals surface area contributed by atoms with Crippen molar-refractivity contribution in [2.24, 2.45) is 0 Å². The molecule has 0 atom stereocenters. The molecule has 0 bridgehead atoms. The van der Waals surface area contributed by atoms with E-state index in [0.29, 0.717) is 27.6 Å². The second-order valence-electron chi connectivity index (χ2n) is 6.02. The molecular formula is C23H19ClO4. The fraction of sp³-hybridized carbons (Fsp3) is 0.0870. The molecule has 0 heterocycles.